The van der Waals surface area contributed by atoms with Gasteiger partial charge in [0.15, 0.2) is 18.1 Å². The summed E-state index contributed by atoms with van der Waals surface area (Å²) in [6.45, 7) is -0.204. The summed E-state index contributed by atoms with van der Waals surface area (Å²) < 4.78 is 16.8. The fourth-order valence-corrected chi connectivity index (χ4v) is 5.42. The minimum Gasteiger partial charge on any atom is -0.493 e. The lowest BCUT2D eigenvalue weighted by atomic mass is 10.0. The topological polar surface area (TPSA) is 114 Å². The van der Waals surface area contributed by atoms with Gasteiger partial charge in [-0.3, -0.25) is 4.79 Å². The Balaban J connectivity index is 1.24. The maximum Gasteiger partial charge on any atom is 0.345 e. The zero-order chi connectivity index (χ0) is 29.8. The highest BCUT2D eigenvalue weighted by molar-refractivity contribution is 7.11. The van der Waals surface area contributed by atoms with Gasteiger partial charge in [0, 0.05) is 16.5 Å². The lowest BCUT2D eigenvalue weighted by Crippen LogP contribution is -2.20. The van der Waals surface area contributed by atoms with Crippen LogP contribution in [0.2, 0.25) is 0 Å². The Bertz CT molecular complexity index is 2110. The van der Waals surface area contributed by atoms with E-state index in [1.165, 1.54) is 18.4 Å². The number of amides is 1. The number of ether oxygens (including phenoxy) is 2. The quantitative estimate of drug-likeness (QED) is 0.114. The van der Waals surface area contributed by atoms with Crippen LogP contribution in [-0.4, -0.2) is 24.6 Å². The van der Waals surface area contributed by atoms with E-state index in [9.17, 15) is 14.9 Å². The van der Waals surface area contributed by atoms with E-state index in [2.05, 4.69) is 16.4 Å². The molecule has 0 radical (unpaired) electrons. The highest BCUT2D eigenvalue weighted by atomic mass is 32.1. The minimum atomic E-state index is -0.500. The Kier molecular flexibility index (Phi) is 7.68. The van der Waals surface area contributed by atoms with Gasteiger partial charge in [-0.15, -0.1) is 11.3 Å². The number of carbonyl (C=O) groups is 1. The molecular formula is C34H23N3O5S. The lowest BCUT2D eigenvalue weighted by molar-refractivity contribution is -0.118. The van der Waals surface area contributed by atoms with Crippen LogP contribution in [0.3, 0.4) is 0 Å². The Morgan fingerprint density at radius 1 is 1.00 bits per heavy atom. The predicted octanol–water partition coefficient (Wildman–Crippen LogP) is 7.16. The summed E-state index contributed by atoms with van der Waals surface area (Å²) in [6.07, 6.45) is 1.67. The molecule has 6 rings (SSSR count). The van der Waals surface area contributed by atoms with Gasteiger partial charge in [-0.1, -0.05) is 54.6 Å². The van der Waals surface area contributed by atoms with Crippen molar-refractivity contribution in [1.82, 2.24) is 4.98 Å². The zero-order valence-electron chi connectivity index (χ0n) is 22.9. The van der Waals surface area contributed by atoms with Crippen LogP contribution in [0, 0.1) is 11.3 Å². The van der Waals surface area contributed by atoms with Crippen molar-refractivity contribution in [1.29, 1.82) is 5.26 Å². The number of para-hydroxylation sites is 1. The van der Waals surface area contributed by atoms with Gasteiger partial charge in [0.25, 0.3) is 5.91 Å². The van der Waals surface area contributed by atoms with Crippen molar-refractivity contribution in [3.8, 4) is 28.8 Å². The first-order valence-electron chi connectivity index (χ1n) is 13.2. The van der Waals surface area contributed by atoms with E-state index in [1.54, 1.807) is 53.9 Å². The summed E-state index contributed by atoms with van der Waals surface area (Å²) in [4.78, 5) is 29.8. The minimum absolute atomic E-state index is 0.204. The van der Waals surface area contributed by atoms with Crippen molar-refractivity contribution in [3.05, 3.63) is 117 Å². The molecule has 0 aliphatic carbocycles. The summed E-state index contributed by atoms with van der Waals surface area (Å²) in [5.41, 5.74) is 2.40. The molecule has 0 spiro atoms. The molecule has 210 valence electrons. The van der Waals surface area contributed by atoms with E-state index in [0.29, 0.717) is 50.2 Å². The van der Waals surface area contributed by atoms with Crippen LogP contribution in [0.15, 0.2) is 106 Å². The average molecular weight is 586 g/mol. The maximum absolute atomic E-state index is 12.9. The largest absolute Gasteiger partial charge is 0.493 e. The molecule has 6 aromatic rings. The van der Waals surface area contributed by atoms with Crippen LogP contribution in [0.25, 0.3) is 44.6 Å². The fraction of sp³-hybridized carbons (Fsp3) is 0.0588. The zero-order valence-corrected chi connectivity index (χ0v) is 23.7. The van der Waals surface area contributed by atoms with Gasteiger partial charge in [-0.25, -0.2) is 9.78 Å². The number of methoxy groups -OCH3 is 1. The van der Waals surface area contributed by atoms with Gasteiger partial charge in [0.2, 0.25) is 0 Å². The van der Waals surface area contributed by atoms with E-state index in [4.69, 9.17) is 13.9 Å². The first-order chi connectivity index (χ1) is 21.0. The maximum atomic E-state index is 12.9. The summed E-state index contributed by atoms with van der Waals surface area (Å²) in [5.74, 6) is 0.477. The van der Waals surface area contributed by atoms with Gasteiger partial charge in [0.1, 0.15) is 16.7 Å². The molecule has 1 N–H and O–H groups in total. The third-order valence-electron chi connectivity index (χ3n) is 6.69. The van der Waals surface area contributed by atoms with Gasteiger partial charge in [0.05, 0.1) is 23.9 Å². The van der Waals surface area contributed by atoms with E-state index in [0.717, 1.165) is 16.2 Å². The summed E-state index contributed by atoms with van der Waals surface area (Å²) in [5, 5.41) is 17.7. The second-order valence-corrected chi connectivity index (χ2v) is 10.3. The summed E-state index contributed by atoms with van der Waals surface area (Å²) in [7, 11) is 1.50. The predicted molar refractivity (Wildman–Crippen MR) is 168 cm³/mol. The van der Waals surface area contributed by atoms with Crippen molar-refractivity contribution in [2.24, 2.45) is 0 Å². The van der Waals surface area contributed by atoms with E-state index in [1.807, 2.05) is 48.5 Å². The van der Waals surface area contributed by atoms with Gasteiger partial charge < -0.3 is 19.2 Å². The molecule has 0 atom stereocenters. The first-order valence-corrected chi connectivity index (χ1v) is 14.1. The van der Waals surface area contributed by atoms with Crippen molar-refractivity contribution < 1.29 is 18.7 Å². The highest BCUT2D eigenvalue weighted by Gasteiger charge is 2.16. The Morgan fingerprint density at radius 3 is 2.63 bits per heavy atom. The van der Waals surface area contributed by atoms with E-state index >= 15 is 0 Å². The molecule has 9 heteroatoms. The molecule has 2 heterocycles. The molecule has 2 aromatic heterocycles. The second kappa shape index (κ2) is 12.0. The van der Waals surface area contributed by atoms with E-state index in [-0.39, 0.29) is 12.5 Å². The average Bonchev–Trinajstić information content (AvgIpc) is 3.52. The van der Waals surface area contributed by atoms with Crippen LogP contribution in [0.4, 0.5) is 5.69 Å². The number of fused-ring (bicyclic) bond motifs is 3. The third kappa shape index (κ3) is 5.86. The molecule has 0 bridgehead atoms. The number of nitriles is 1. The standard InChI is InChI=1S/C34H23N3O5S/c1-40-31-16-21(11-13-30(31)41-19-32(38)36-24-8-3-2-4-9-24)15-23(18-35)33-37-28(20-43-33)27-17-26-25-10-6-5-7-22(25)12-14-29(26)42-34(27)39/h2-17,20H,19H2,1H3,(H,36,38). The molecule has 0 fully saturated rings. The number of hydrogen-bond donors (Lipinski definition) is 1. The lowest BCUT2D eigenvalue weighted by Gasteiger charge is -2.11. The number of benzene rings is 4. The van der Waals surface area contributed by atoms with Crippen molar-refractivity contribution in [2.45, 2.75) is 0 Å². The van der Waals surface area contributed by atoms with Crippen molar-refractivity contribution in [2.75, 3.05) is 19.0 Å². The Morgan fingerprint density at radius 2 is 1.81 bits per heavy atom. The van der Waals surface area contributed by atoms with Crippen molar-refractivity contribution >= 4 is 56.3 Å². The number of allylic oxidation sites excluding steroid dienone is 1. The smallest absolute Gasteiger partial charge is 0.345 e. The third-order valence-corrected chi connectivity index (χ3v) is 7.56. The highest BCUT2D eigenvalue weighted by Crippen LogP contribution is 2.32. The van der Waals surface area contributed by atoms with Gasteiger partial charge in [-0.2, -0.15) is 5.26 Å². The monoisotopic (exact) mass is 585 g/mol. The number of thiazole rings is 1. The van der Waals surface area contributed by atoms with Crippen molar-refractivity contribution in [3.63, 3.8) is 0 Å². The number of rotatable bonds is 8. The first kappa shape index (κ1) is 27.4. The molecule has 1 amide bonds. The number of carbonyl (C=O) groups excluding carboxylic acids is 1. The van der Waals surface area contributed by atoms with Crippen LogP contribution in [0.5, 0.6) is 11.5 Å². The normalized spacial score (nSPS) is 11.3. The van der Waals surface area contributed by atoms with Gasteiger partial charge in [-0.05, 0) is 58.8 Å². The summed E-state index contributed by atoms with van der Waals surface area (Å²) in [6, 6.07) is 29.8. The number of aromatic nitrogens is 1. The molecule has 0 saturated heterocycles. The van der Waals surface area contributed by atoms with Crippen LogP contribution in [-0.2, 0) is 4.79 Å². The Labute approximate surface area is 250 Å². The van der Waals surface area contributed by atoms with Crippen LogP contribution >= 0.6 is 11.3 Å². The molecular weight excluding hydrogens is 562 g/mol. The fourth-order valence-electron chi connectivity index (χ4n) is 4.63. The number of hydrogen-bond acceptors (Lipinski definition) is 8. The molecule has 0 aliphatic heterocycles. The number of anilines is 1. The molecule has 0 aliphatic rings. The van der Waals surface area contributed by atoms with Crippen LogP contribution < -0.4 is 20.4 Å². The molecule has 43 heavy (non-hydrogen) atoms. The van der Waals surface area contributed by atoms with Crippen LogP contribution in [0.1, 0.15) is 10.6 Å². The SMILES string of the molecule is COc1cc(C=C(C#N)c2nc(-c3cc4c(ccc5ccccc54)oc3=O)cs2)ccc1OCC(=O)Nc1ccccc1. The van der Waals surface area contributed by atoms with E-state index < -0.39 is 5.63 Å². The Hall–Kier alpha value is -5.72. The number of nitrogens with one attached hydrogen (secondary N) is 1. The summed E-state index contributed by atoms with van der Waals surface area (Å²) >= 11 is 1.26. The molecule has 0 unspecified atom stereocenters. The second-order valence-electron chi connectivity index (χ2n) is 9.47. The molecule has 8 nitrogen and oxygen atoms in total. The van der Waals surface area contributed by atoms with Gasteiger partial charge >= 0.3 is 5.63 Å². The number of nitrogens with zero attached hydrogens (tertiary/aromatic N) is 2. The molecule has 0 saturated carbocycles. The molecule has 4 aromatic carbocycles.